The number of esters is 1. The molecule has 0 radical (unpaired) electrons. The van der Waals surface area contributed by atoms with Gasteiger partial charge in [-0.1, -0.05) is 66.2 Å². The van der Waals surface area contributed by atoms with Crippen LogP contribution in [0.2, 0.25) is 0 Å². The molecule has 0 aliphatic rings. The summed E-state index contributed by atoms with van der Waals surface area (Å²) in [6, 6.07) is 6.23. The lowest BCUT2D eigenvalue weighted by Gasteiger charge is -2.30. The van der Waals surface area contributed by atoms with Gasteiger partial charge in [0.2, 0.25) is 0 Å². The molecule has 0 amide bonds. The van der Waals surface area contributed by atoms with Crippen LogP contribution in [-0.2, 0) is 4.74 Å². The Morgan fingerprint density at radius 2 is 1.42 bits per heavy atom. The number of hydrogen-bond donors (Lipinski definition) is 1. The highest BCUT2D eigenvalue weighted by Crippen LogP contribution is 2.19. The summed E-state index contributed by atoms with van der Waals surface area (Å²) in [6.07, 6.45) is 12.3. The first-order valence-corrected chi connectivity index (χ1v) is 12.7. The van der Waals surface area contributed by atoms with Crippen molar-refractivity contribution in [2.75, 3.05) is 26.2 Å². The van der Waals surface area contributed by atoms with Gasteiger partial charge in [0.25, 0.3) is 0 Å². The van der Waals surface area contributed by atoms with E-state index in [0.717, 1.165) is 31.2 Å². The lowest BCUT2D eigenvalue weighted by Crippen LogP contribution is -2.35. The molecular formula is C27H47NO3. The van der Waals surface area contributed by atoms with Gasteiger partial charge in [-0.15, -0.1) is 0 Å². The van der Waals surface area contributed by atoms with Crippen molar-refractivity contribution in [1.29, 1.82) is 0 Å². The molecule has 0 saturated heterocycles. The van der Waals surface area contributed by atoms with E-state index < -0.39 is 0 Å². The van der Waals surface area contributed by atoms with Gasteiger partial charge in [0, 0.05) is 13.1 Å². The minimum absolute atomic E-state index is 0.158. The van der Waals surface area contributed by atoms with Gasteiger partial charge in [0.1, 0.15) is 5.75 Å². The number of phenols is 1. The second-order valence-corrected chi connectivity index (χ2v) is 8.98. The van der Waals surface area contributed by atoms with E-state index in [0.29, 0.717) is 12.2 Å². The Kier molecular flexibility index (Phi) is 15.1. The predicted molar refractivity (Wildman–Crippen MR) is 131 cm³/mol. The number of hydrogen-bond acceptors (Lipinski definition) is 4. The zero-order chi connectivity index (χ0) is 22.9. The zero-order valence-electron chi connectivity index (χ0n) is 20.6. The number of aromatic hydroxyl groups is 1. The summed E-state index contributed by atoms with van der Waals surface area (Å²) >= 11 is 0. The number of carbonyl (C=O) groups is 1. The maximum atomic E-state index is 12.1. The molecule has 1 aromatic carbocycles. The molecule has 178 valence electrons. The largest absolute Gasteiger partial charge is 0.508 e. The van der Waals surface area contributed by atoms with Gasteiger partial charge < -0.3 is 14.7 Å². The van der Waals surface area contributed by atoms with E-state index >= 15 is 0 Å². The second kappa shape index (κ2) is 17.1. The van der Waals surface area contributed by atoms with Gasteiger partial charge in [0.15, 0.2) is 0 Å². The zero-order valence-corrected chi connectivity index (χ0v) is 20.6. The molecule has 0 heterocycles. The van der Waals surface area contributed by atoms with Crippen LogP contribution in [0, 0.1) is 11.8 Å². The molecule has 0 aromatic heterocycles. The van der Waals surface area contributed by atoms with Crippen LogP contribution in [0.5, 0.6) is 5.75 Å². The Hall–Kier alpha value is -1.55. The summed E-state index contributed by atoms with van der Waals surface area (Å²) in [7, 11) is 0. The average molecular weight is 434 g/mol. The van der Waals surface area contributed by atoms with Gasteiger partial charge in [0.05, 0.1) is 12.2 Å². The van der Waals surface area contributed by atoms with Crippen molar-refractivity contribution in [1.82, 2.24) is 4.90 Å². The Morgan fingerprint density at radius 3 is 1.90 bits per heavy atom. The summed E-state index contributed by atoms with van der Waals surface area (Å²) < 4.78 is 5.42. The summed E-state index contributed by atoms with van der Waals surface area (Å²) in [4.78, 5) is 14.8. The molecule has 4 heteroatoms. The molecule has 4 nitrogen and oxygen atoms in total. The molecule has 2 atom stereocenters. The fourth-order valence-electron chi connectivity index (χ4n) is 4.11. The van der Waals surface area contributed by atoms with Crippen molar-refractivity contribution in [3.63, 3.8) is 0 Å². The standard InChI is InChI=1S/C27H47NO3/c1-5-9-13-23(7-3)21-28(22-24(8-4)14-10-6-2)19-11-12-20-31-27(30)25-15-17-26(29)18-16-25/h15-18,23-24,29H,5-14,19-22H2,1-4H3. The van der Waals surface area contributed by atoms with Crippen LogP contribution in [0.4, 0.5) is 0 Å². The third-order valence-electron chi connectivity index (χ3n) is 6.32. The number of phenolic OH excluding ortho intramolecular Hbond substituents is 1. The molecule has 1 aromatic rings. The van der Waals surface area contributed by atoms with Crippen LogP contribution in [0.3, 0.4) is 0 Å². The second-order valence-electron chi connectivity index (χ2n) is 8.98. The molecule has 0 saturated carbocycles. The first-order chi connectivity index (χ1) is 15.0. The molecule has 31 heavy (non-hydrogen) atoms. The van der Waals surface area contributed by atoms with Gasteiger partial charge in [-0.05, 0) is 68.3 Å². The first kappa shape index (κ1) is 27.5. The summed E-state index contributed by atoms with van der Waals surface area (Å²) in [5, 5.41) is 9.34. The molecule has 0 aliphatic carbocycles. The SMILES string of the molecule is CCCCC(CC)CN(CCCCOC(=O)c1ccc(O)cc1)CC(CC)CCCC. The van der Waals surface area contributed by atoms with Crippen LogP contribution in [-0.4, -0.2) is 42.2 Å². The monoisotopic (exact) mass is 433 g/mol. The van der Waals surface area contributed by atoms with Gasteiger partial charge in [-0.25, -0.2) is 4.79 Å². The summed E-state index contributed by atoms with van der Waals surface area (Å²) in [5.74, 6) is 1.42. The molecule has 0 fully saturated rings. The average Bonchev–Trinajstić information content (AvgIpc) is 2.78. The number of benzene rings is 1. The van der Waals surface area contributed by atoms with E-state index in [1.54, 1.807) is 12.1 Å². The lowest BCUT2D eigenvalue weighted by molar-refractivity contribution is 0.0493. The Morgan fingerprint density at radius 1 is 0.871 bits per heavy atom. The molecular weight excluding hydrogens is 386 g/mol. The molecule has 1 N–H and O–H groups in total. The van der Waals surface area contributed by atoms with E-state index in [1.165, 1.54) is 76.6 Å². The predicted octanol–water partition coefficient (Wildman–Crippen LogP) is 7.06. The minimum Gasteiger partial charge on any atom is -0.508 e. The normalized spacial score (nSPS) is 13.3. The van der Waals surface area contributed by atoms with Crippen molar-refractivity contribution < 1.29 is 14.6 Å². The number of nitrogens with zero attached hydrogens (tertiary/aromatic N) is 1. The molecule has 1 rings (SSSR count). The highest BCUT2D eigenvalue weighted by molar-refractivity contribution is 5.89. The quantitative estimate of drug-likeness (QED) is 0.199. The van der Waals surface area contributed by atoms with E-state index in [1.807, 2.05) is 0 Å². The van der Waals surface area contributed by atoms with E-state index in [9.17, 15) is 9.90 Å². The van der Waals surface area contributed by atoms with E-state index in [-0.39, 0.29) is 11.7 Å². The molecule has 2 unspecified atom stereocenters. The fraction of sp³-hybridized carbons (Fsp3) is 0.741. The van der Waals surface area contributed by atoms with Crippen LogP contribution < -0.4 is 0 Å². The summed E-state index contributed by atoms with van der Waals surface area (Å²) in [5.41, 5.74) is 0.489. The van der Waals surface area contributed by atoms with Crippen LogP contribution in [0.1, 0.15) is 102 Å². The highest BCUT2D eigenvalue weighted by Gasteiger charge is 2.17. The number of rotatable bonds is 18. The first-order valence-electron chi connectivity index (χ1n) is 12.7. The highest BCUT2D eigenvalue weighted by atomic mass is 16.5. The third-order valence-corrected chi connectivity index (χ3v) is 6.32. The maximum absolute atomic E-state index is 12.1. The van der Waals surface area contributed by atoms with Crippen molar-refractivity contribution in [2.45, 2.75) is 91.9 Å². The van der Waals surface area contributed by atoms with Crippen LogP contribution in [0.15, 0.2) is 24.3 Å². The molecule has 0 aliphatic heterocycles. The van der Waals surface area contributed by atoms with Crippen LogP contribution >= 0.6 is 0 Å². The number of unbranched alkanes of at least 4 members (excludes halogenated alkanes) is 3. The molecule has 0 bridgehead atoms. The van der Waals surface area contributed by atoms with Gasteiger partial charge in [-0.2, -0.15) is 0 Å². The minimum atomic E-state index is -0.312. The molecule has 0 spiro atoms. The Balaban J connectivity index is 2.48. The maximum Gasteiger partial charge on any atom is 0.338 e. The van der Waals surface area contributed by atoms with Crippen molar-refractivity contribution >= 4 is 5.97 Å². The number of ether oxygens (including phenoxy) is 1. The van der Waals surface area contributed by atoms with E-state index in [2.05, 4.69) is 32.6 Å². The van der Waals surface area contributed by atoms with Crippen molar-refractivity contribution in [3.8, 4) is 5.75 Å². The number of carbonyl (C=O) groups excluding carboxylic acids is 1. The summed E-state index contributed by atoms with van der Waals surface area (Å²) in [6.45, 7) is 13.2. The lowest BCUT2D eigenvalue weighted by atomic mass is 9.95. The van der Waals surface area contributed by atoms with Crippen molar-refractivity contribution in [3.05, 3.63) is 29.8 Å². The Labute approximate surface area is 191 Å². The van der Waals surface area contributed by atoms with Gasteiger partial charge >= 0.3 is 5.97 Å². The fourth-order valence-corrected chi connectivity index (χ4v) is 4.11. The topological polar surface area (TPSA) is 49.8 Å². The third kappa shape index (κ3) is 12.2. The smallest absolute Gasteiger partial charge is 0.338 e. The van der Waals surface area contributed by atoms with Crippen molar-refractivity contribution in [2.24, 2.45) is 11.8 Å². The Bertz CT molecular complexity index is 554. The van der Waals surface area contributed by atoms with E-state index in [4.69, 9.17) is 4.74 Å². The van der Waals surface area contributed by atoms with Crippen LogP contribution in [0.25, 0.3) is 0 Å². The van der Waals surface area contributed by atoms with Gasteiger partial charge in [-0.3, -0.25) is 0 Å².